The minimum Gasteiger partial charge on any atom is -0.368 e. The van der Waals surface area contributed by atoms with Gasteiger partial charge in [0.1, 0.15) is 5.69 Å². The third kappa shape index (κ3) is 4.41. The highest BCUT2D eigenvalue weighted by molar-refractivity contribution is 5.75. The van der Waals surface area contributed by atoms with Crippen molar-refractivity contribution < 1.29 is 18.0 Å². The summed E-state index contributed by atoms with van der Waals surface area (Å²) < 4.78 is 38.4. The van der Waals surface area contributed by atoms with E-state index in [2.05, 4.69) is 15.4 Å². The fraction of sp³-hybridized carbons (Fsp3) is 0.316. The highest BCUT2D eigenvalue weighted by Crippen LogP contribution is 2.36. The summed E-state index contributed by atoms with van der Waals surface area (Å²) >= 11 is 0. The Labute approximate surface area is 159 Å². The Kier molecular flexibility index (Phi) is 5.53. The van der Waals surface area contributed by atoms with Gasteiger partial charge >= 0.3 is 6.18 Å². The van der Waals surface area contributed by atoms with Crippen LogP contribution < -0.4 is 10.2 Å². The molecule has 2 aromatic rings. The molecule has 9 heteroatoms. The van der Waals surface area contributed by atoms with Crippen LogP contribution in [0.2, 0.25) is 0 Å². The average molecular weight is 392 g/mol. The first-order valence-corrected chi connectivity index (χ1v) is 8.70. The number of carbonyl (C=O) groups is 1. The standard InChI is InChI=1S/C19H19F3N4O2/c1-13(27)25-7-9-26(10-8-25)16-4-2-3-15(12-16)23-17-6-5-14(19(20,21)22)11-18(17)24-28/h2-6,11-12,23H,7-10H2,1H3. The second-order valence-corrected chi connectivity index (χ2v) is 6.49. The van der Waals surface area contributed by atoms with Crippen molar-refractivity contribution in [1.82, 2.24) is 4.90 Å². The molecule has 6 nitrogen and oxygen atoms in total. The van der Waals surface area contributed by atoms with Gasteiger partial charge in [0.2, 0.25) is 5.91 Å². The van der Waals surface area contributed by atoms with Crippen LogP contribution in [-0.2, 0) is 11.0 Å². The topological polar surface area (TPSA) is 65.0 Å². The lowest BCUT2D eigenvalue weighted by Gasteiger charge is -2.35. The highest BCUT2D eigenvalue weighted by atomic mass is 19.4. The SMILES string of the molecule is CC(=O)N1CCN(c2cccc(Nc3ccc(C(F)(F)F)cc3N=O)c2)CC1. The van der Waals surface area contributed by atoms with E-state index in [0.717, 1.165) is 17.8 Å². The number of carbonyl (C=O) groups excluding carboxylic acids is 1. The van der Waals surface area contributed by atoms with E-state index in [1.165, 1.54) is 6.07 Å². The van der Waals surface area contributed by atoms with Gasteiger partial charge in [-0.05, 0) is 41.6 Å². The third-order valence-electron chi connectivity index (χ3n) is 4.64. The number of halogens is 3. The molecule has 1 heterocycles. The maximum Gasteiger partial charge on any atom is 0.416 e. The number of nitroso groups, excluding NO2 is 1. The van der Waals surface area contributed by atoms with Crippen molar-refractivity contribution in [2.75, 3.05) is 36.4 Å². The van der Waals surface area contributed by atoms with Crippen molar-refractivity contribution in [2.24, 2.45) is 5.18 Å². The number of rotatable bonds is 4. The van der Waals surface area contributed by atoms with Gasteiger partial charge in [-0.2, -0.15) is 13.2 Å². The summed E-state index contributed by atoms with van der Waals surface area (Å²) in [6.07, 6.45) is -4.54. The molecule has 3 rings (SSSR count). The molecule has 1 aliphatic rings. The summed E-state index contributed by atoms with van der Waals surface area (Å²) in [5.74, 6) is 0.0475. The summed E-state index contributed by atoms with van der Waals surface area (Å²) in [6.45, 7) is 4.17. The van der Waals surface area contributed by atoms with E-state index >= 15 is 0 Å². The third-order valence-corrected chi connectivity index (χ3v) is 4.64. The number of hydrogen-bond acceptors (Lipinski definition) is 5. The zero-order chi connectivity index (χ0) is 20.3. The summed E-state index contributed by atoms with van der Waals surface area (Å²) in [6, 6.07) is 10.1. The first-order chi connectivity index (χ1) is 13.3. The largest absolute Gasteiger partial charge is 0.416 e. The fourth-order valence-corrected chi connectivity index (χ4v) is 3.10. The molecule has 1 amide bonds. The molecule has 0 unspecified atom stereocenters. The Hall–Kier alpha value is -3.10. The molecule has 1 aliphatic heterocycles. The van der Waals surface area contributed by atoms with E-state index in [0.29, 0.717) is 31.9 Å². The lowest BCUT2D eigenvalue weighted by molar-refractivity contribution is -0.137. The van der Waals surface area contributed by atoms with E-state index < -0.39 is 11.7 Å². The molecule has 0 aliphatic carbocycles. The first kappa shape index (κ1) is 19.7. The number of alkyl halides is 3. The Balaban J connectivity index is 1.77. The molecule has 1 fully saturated rings. The summed E-state index contributed by atoms with van der Waals surface area (Å²) in [4.78, 5) is 26.3. The van der Waals surface area contributed by atoms with Crippen LogP contribution in [0.5, 0.6) is 0 Å². The molecule has 2 aromatic carbocycles. The van der Waals surface area contributed by atoms with Gasteiger partial charge in [-0.1, -0.05) is 6.07 Å². The van der Waals surface area contributed by atoms with Crippen molar-refractivity contribution in [1.29, 1.82) is 0 Å². The van der Waals surface area contributed by atoms with Crippen molar-refractivity contribution >= 4 is 28.7 Å². The number of piperazine rings is 1. The van der Waals surface area contributed by atoms with Crippen LogP contribution in [0.3, 0.4) is 0 Å². The van der Waals surface area contributed by atoms with Gasteiger partial charge < -0.3 is 15.1 Å². The molecular formula is C19H19F3N4O2. The minimum absolute atomic E-state index is 0.0475. The van der Waals surface area contributed by atoms with Gasteiger partial charge in [-0.15, -0.1) is 4.91 Å². The Morgan fingerprint density at radius 2 is 1.79 bits per heavy atom. The van der Waals surface area contributed by atoms with E-state index in [-0.39, 0.29) is 17.3 Å². The average Bonchev–Trinajstić information content (AvgIpc) is 2.67. The zero-order valence-corrected chi connectivity index (χ0v) is 15.2. The Morgan fingerprint density at radius 1 is 1.07 bits per heavy atom. The first-order valence-electron chi connectivity index (χ1n) is 8.70. The number of benzene rings is 2. The van der Waals surface area contributed by atoms with Crippen molar-refractivity contribution in [2.45, 2.75) is 13.1 Å². The normalized spacial score (nSPS) is 14.7. The summed E-state index contributed by atoms with van der Waals surface area (Å²) in [5, 5.41) is 5.67. The molecule has 1 saturated heterocycles. The van der Waals surface area contributed by atoms with Crippen LogP contribution in [-0.4, -0.2) is 37.0 Å². The van der Waals surface area contributed by atoms with E-state index in [1.54, 1.807) is 17.9 Å². The van der Waals surface area contributed by atoms with Gasteiger partial charge in [-0.3, -0.25) is 4.79 Å². The molecule has 148 valence electrons. The molecule has 0 aromatic heterocycles. The molecule has 28 heavy (non-hydrogen) atoms. The monoisotopic (exact) mass is 392 g/mol. The Morgan fingerprint density at radius 3 is 2.39 bits per heavy atom. The zero-order valence-electron chi connectivity index (χ0n) is 15.2. The summed E-state index contributed by atoms with van der Waals surface area (Å²) in [7, 11) is 0. The van der Waals surface area contributed by atoms with Crippen molar-refractivity contribution in [3.05, 3.63) is 52.9 Å². The van der Waals surface area contributed by atoms with Crippen molar-refractivity contribution in [3.63, 3.8) is 0 Å². The van der Waals surface area contributed by atoms with Gasteiger partial charge in [-0.25, -0.2) is 0 Å². The minimum atomic E-state index is -4.54. The van der Waals surface area contributed by atoms with Crippen LogP contribution in [0.15, 0.2) is 47.6 Å². The molecule has 0 bridgehead atoms. The summed E-state index contributed by atoms with van der Waals surface area (Å²) in [5.41, 5.74) is 0.499. The molecule has 0 atom stereocenters. The van der Waals surface area contributed by atoms with Crippen LogP contribution in [0.4, 0.5) is 35.9 Å². The predicted octanol–water partition coefficient (Wildman–Crippen LogP) is 4.52. The number of nitrogens with one attached hydrogen (secondary N) is 1. The van der Waals surface area contributed by atoms with Gasteiger partial charge in [0.05, 0.1) is 11.3 Å². The van der Waals surface area contributed by atoms with Crippen LogP contribution in [0.1, 0.15) is 12.5 Å². The van der Waals surface area contributed by atoms with Gasteiger partial charge in [0.25, 0.3) is 0 Å². The van der Waals surface area contributed by atoms with Gasteiger partial charge in [0, 0.05) is 44.5 Å². The van der Waals surface area contributed by atoms with E-state index in [1.807, 2.05) is 18.2 Å². The number of hydrogen-bond donors (Lipinski definition) is 1. The fourth-order valence-electron chi connectivity index (χ4n) is 3.10. The van der Waals surface area contributed by atoms with E-state index in [4.69, 9.17) is 0 Å². The predicted molar refractivity (Wildman–Crippen MR) is 101 cm³/mol. The number of amides is 1. The second-order valence-electron chi connectivity index (χ2n) is 6.49. The molecular weight excluding hydrogens is 373 g/mol. The molecule has 0 spiro atoms. The van der Waals surface area contributed by atoms with E-state index in [9.17, 15) is 22.9 Å². The smallest absolute Gasteiger partial charge is 0.368 e. The lowest BCUT2D eigenvalue weighted by atomic mass is 10.1. The maximum absolute atomic E-state index is 12.8. The van der Waals surface area contributed by atoms with Crippen molar-refractivity contribution in [3.8, 4) is 0 Å². The molecule has 1 N–H and O–H groups in total. The van der Waals surface area contributed by atoms with Gasteiger partial charge in [0.15, 0.2) is 0 Å². The molecule has 0 saturated carbocycles. The Bertz CT molecular complexity index is 878. The quantitative estimate of drug-likeness (QED) is 0.778. The number of anilines is 3. The highest BCUT2D eigenvalue weighted by Gasteiger charge is 2.31. The van der Waals surface area contributed by atoms with Crippen LogP contribution in [0.25, 0.3) is 0 Å². The van der Waals surface area contributed by atoms with Crippen LogP contribution in [0, 0.1) is 4.91 Å². The molecule has 0 radical (unpaired) electrons. The second kappa shape index (κ2) is 7.87. The maximum atomic E-state index is 12.8. The lowest BCUT2D eigenvalue weighted by Crippen LogP contribution is -2.48. The number of nitrogens with zero attached hydrogens (tertiary/aromatic N) is 3. The van der Waals surface area contributed by atoms with Crippen LogP contribution >= 0.6 is 0 Å².